The fourth-order valence-corrected chi connectivity index (χ4v) is 5.48. The van der Waals surface area contributed by atoms with Crippen molar-refractivity contribution in [3.05, 3.63) is 23.8 Å². The molecule has 196 valence electrons. The van der Waals surface area contributed by atoms with Crippen LogP contribution in [0.4, 0.5) is 0 Å². The van der Waals surface area contributed by atoms with Crippen LogP contribution in [0.25, 0.3) is 0 Å². The fraction of sp³-hybridized carbons (Fsp3) is 0.741. The minimum Gasteiger partial charge on any atom is -0.541 e. The Balaban J connectivity index is 3.21. The summed E-state index contributed by atoms with van der Waals surface area (Å²) >= 11 is 0. The molecule has 1 aromatic rings. The largest absolute Gasteiger partial charge is 0.541 e. The summed E-state index contributed by atoms with van der Waals surface area (Å²) in [7, 11) is -6.21. The first kappa shape index (κ1) is 31.0. The topological polar surface area (TPSA) is 44.8 Å². The molecular formula is C27H52O4Si3. The van der Waals surface area contributed by atoms with Crippen molar-refractivity contribution in [3.63, 3.8) is 0 Å². The smallest absolute Gasteiger partial charge is 0.292 e. The highest BCUT2D eigenvalue weighted by Gasteiger charge is 2.42. The molecule has 0 radical (unpaired) electrons. The van der Waals surface area contributed by atoms with Gasteiger partial charge in [-0.05, 0) is 78.5 Å². The Kier molecular flexibility index (Phi) is 9.23. The van der Waals surface area contributed by atoms with Crippen molar-refractivity contribution in [2.45, 2.75) is 130 Å². The molecule has 0 bridgehead atoms. The van der Waals surface area contributed by atoms with Gasteiger partial charge < -0.3 is 13.3 Å². The van der Waals surface area contributed by atoms with E-state index >= 15 is 0 Å². The molecule has 0 saturated carbocycles. The van der Waals surface area contributed by atoms with E-state index in [1.807, 2.05) is 6.07 Å². The summed E-state index contributed by atoms with van der Waals surface area (Å²) in [6.07, 6.45) is 0.996. The SMILES string of the molecule is CC(C)(C)[Si](C)(C)OC(=O)CCc1ccc(O[Si](C)(C)C(C)(C)C)c(O[Si](C)(C)C(C)(C)C)c1. The maximum Gasteiger partial charge on any atom is 0.292 e. The molecule has 0 unspecified atom stereocenters. The van der Waals surface area contributed by atoms with E-state index in [1.165, 1.54) is 0 Å². The van der Waals surface area contributed by atoms with Crippen LogP contribution >= 0.6 is 0 Å². The van der Waals surface area contributed by atoms with Gasteiger partial charge in [-0.25, -0.2) is 0 Å². The fourth-order valence-electron chi connectivity index (χ4n) is 2.46. The Bertz CT molecular complexity index is 854. The van der Waals surface area contributed by atoms with Crippen LogP contribution in [0.15, 0.2) is 18.2 Å². The molecule has 1 rings (SSSR count). The molecule has 0 aliphatic rings. The van der Waals surface area contributed by atoms with Crippen molar-refractivity contribution in [2.75, 3.05) is 0 Å². The molecular weight excluding hydrogens is 473 g/mol. The molecule has 0 atom stereocenters. The minimum absolute atomic E-state index is 0.00949. The number of hydrogen-bond donors (Lipinski definition) is 0. The lowest BCUT2D eigenvalue weighted by molar-refractivity contribution is -0.135. The van der Waals surface area contributed by atoms with E-state index in [4.69, 9.17) is 13.3 Å². The number of carbonyl (C=O) groups excluding carboxylic acids is 1. The highest BCUT2D eigenvalue weighted by molar-refractivity contribution is 6.76. The third kappa shape index (κ3) is 7.98. The van der Waals surface area contributed by atoms with Crippen molar-refractivity contribution in [1.29, 1.82) is 0 Å². The average molecular weight is 525 g/mol. The highest BCUT2D eigenvalue weighted by atomic mass is 28.4. The van der Waals surface area contributed by atoms with Crippen LogP contribution in [0.2, 0.25) is 54.4 Å². The molecule has 1 aromatic carbocycles. The third-order valence-electron chi connectivity index (χ3n) is 8.14. The summed E-state index contributed by atoms with van der Waals surface area (Å²) in [5.41, 5.74) is 1.07. The zero-order valence-corrected chi connectivity index (χ0v) is 27.8. The van der Waals surface area contributed by atoms with Crippen molar-refractivity contribution in [2.24, 2.45) is 0 Å². The Hall–Kier alpha value is -1.06. The quantitative estimate of drug-likeness (QED) is 0.318. The van der Waals surface area contributed by atoms with Crippen molar-refractivity contribution >= 4 is 30.9 Å². The minimum atomic E-state index is -2.11. The van der Waals surface area contributed by atoms with Crippen molar-refractivity contribution < 1.29 is 18.1 Å². The van der Waals surface area contributed by atoms with Crippen LogP contribution in [-0.2, 0) is 15.6 Å². The highest BCUT2D eigenvalue weighted by Crippen LogP contribution is 2.44. The van der Waals surface area contributed by atoms with Gasteiger partial charge in [-0.15, -0.1) is 0 Å². The second-order valence-corrected chi connectivity index (χ2v) is 28.4. The molecule has 0 aliphatic carbocycles. The number of rotatable bonds is 8. The monoisotopic (exact) mass is 524 g/mol. The van der Waals surface area contributed by atoms with Crippen LogP contribution in [0.3, 0.4) is 0 Å². The van der Waals surface area contributed by atoms with Gasteiger partial charge in [0.2, 0.25) is 0 Å². The van der Waals surface area contributed by atoms with E-state index in [2.05, 4.69) is 114 Å². The Morgan fingerprint density at radius 3 is 1.50 bits per heavy atom. The molecule has 0 spiro atoms. The third-order valence-corrected chi connectivity index (χ3v) is 21.2. The zero-order chi connectivity index (χ0) is 27.0. The lowest BCUT2D eigenvalue weighted by Gasteiger charge is -2.39. The first-order chi connectivity index (χ1) is 14.9. The van der Waals surface area contributed by atoms with Gasteiger partial charge in [-0.3, -0.25) is 4.79 Å². The lowest BCUT2D eigenvalue weighted by Crippen LogP contribution is -2.45. The van der Waals surface area contributed by atoms with Crippen LogP contribution in [0, 0.1) is 0 Å². The summed E-state index contributed by atoms with van der Waals surface area (Å²) in [6.45, 7) is 33.2. The first-order valence-electron chi connectivity index (χ1n) is 12.6. The van der Waals surface area contributed by atoms with E-state index in [1.54, 1.807) is 0 Å². The summed E-state index contributed by atoms with van der Waals surface area (Å²) in [6, 6.07) is 6.20. The maximum atomic E-state index is 12.7. The van der Waals surface area contributed by atoms with E-state index < -0.39 is 25.0 Å². The van der Waals surface area contributed by atoms with Gasteiger partial charge in [-0.1, -0.05) is 68.4 Å². The predicted octanol–water partition coefficient (Wildman–Crippen LogP) is 8.94. The van der Waals surface area contributed by atoms with E-state index in [9.17, 15) is 4.79 Å². The van der Waals surface area contributed by atoms with Gasteiger partial charge >= 0.3 is 0 Å². The van der Waals surface area contributed by atoms with E-state index in [0.717, 1.165) is 17.1 Å². The van der Waals surface area contributed by atoms with Gasteiger partial charge in [0, 0.05) is 6.42 Å². The van der Waals surface area contributed by atoms with Crippen LogP contribution in [0.1, 0.15) is 74.3 Å². The van der Waals surface area contributed by atoms with Gasteiger partial charge in [0.1, 0.15) is 11.5 Å². The van der Waals surface area contributed by atoms with E-state index in [-0.39, 0.29) is 21.1 Å². The van der Waals surface area contributed by atoms with Crippen LogP contribution in [0.5, 0.6) is 11.5 Å². The van der Waals surface area contributed by atoms with Crippen molar-refractivity contribution in [1.82, 2.24) is 0 Å². The normalized spacial score (nSPS) is 14.1. The van der Waals surface area contributed by atoms with Gasteiger partial charge in [-0.2, -0.15) is 0 Å². The molecule has 0 fully saturated rings. The number of benzene rings is 1. The molecule has 0 saturated heterocycles. The molecule has 0 aromatic heterocycles. The molecule has 0 N–H and O–H groups in total. The maximum absolute atomic E-state index is 12.7. The van der Waals surface area contributed by atoms with Gasteiger partial charge in [0.15, 0.2) is 0 Å². The lowest BCUT2D eigenvalue weighted by atomic mass is 10.1. The van der Waals surface area contributed by atoms with Crippen LogP contribution < -0.4 is 8.85 Å². The molecule has 34 heavy (non-hydrogen) atoms. The number of carbonyl (C=O) groups is 1. The predicted molar refractivity (Wildman–Crippen MR) is 154 cm³/mol. The van der Waals surface area contributed by atoms with E-state index in [0.29, 0.717) is 12.8 Å². The summed E-state index contributed by atoms with van der Waals surface area (Å²) in [5.74, 6) is 1.52. The summed E-state index contributed by atoms with van der Waals surface area (Å²) < 4.78 is 19.4. The zero-order valence-electron chi connectivity index (χ0n) is 24.8. The number of hydrogen-bond acceptors (Lipinski definition) is 4. The Morgan fingerprint density at radius 1 is 0.676 bits per heavy atom. The molecule has 0 heterocycles. The Morgan fingerprint density at radius 2 is 1.09 bits per heavy atom. The molecule has 0 amide bonds. The molecule has 7 heteroatoms. The number of aryl methyl sites for hydroxylation is 1. The Labute approximate surface area is 213 Å². The van der Waals surface area contributed by atoms with Crippen molar-refractivity contribution in [3.8, 4) is 11.5 Å². The molecule has 0 aliphatic heterocycles. The van der Waals surface area contributed by atoms with Gasteiger partial charge in [0.05, 0.1) is 0 Å². The molecule has 4 nitrogen and oxygen atoms in total. The van der Waals surface area contributed by atoms with Crippen LogP contribution in [-0.4, -0.2) is 30.9 Å². The average Bonchev–Trinajstić information content (AvgIpc) is 2.58. The van der Waals surface area contributed by atoms with Gasteiger partial charge in [0.25, 0.3) is 30.9 Å². The summed E-state index contributed by atoms with van der Waals surface area (Å²) in [5, 5.41) is 0.174. The standard InChI is InChI=1S/C27H52O4Si3/c1-25(2,3)32(10,11)29-22-18-16-21(20-23(22)30-33(12,13)26(4,5)6)17-19-24(28)31-34(14,15)27(7,8)9/h16,18,20H,17,19H2,1-15H3. The summed E-state index contributed by atoms with van der Waals surface area (Å²) in [4.78, 5) is 12.7. The first-order valence-corrected chi connectivity index (χ1v) is 21.3. The second kappa shape index (κ2) is 10.1. The second-order valence-electron chi connectivity index (χ2n) is 14.2.